The lowest BCUT2D eigenvalue weighted by atomic mass is 10.1. The smallest absolute Gasteiger partial charge is 0.148 e. The number of benzene rings is 1. The molecule has 0 saturated carbocycles. The molecule has 2 nitrogen and oxygen atoms in total. The van der Waals surface area contributed by atoms with Gasteiger partial charge < -0.3 is 11.1 Å². The number of anilines is 2. The van der Waals surface area contributed by atoms with Crippen molar-refractivity contribution in [2.75, 3.05) is 11.1 Å². The molecule has 3 N–H and O–H groups in total. The van der Waals surface area contributed by atoms with Gasteiger partial charge in [0.2, 0.25) is 0 Å². The molecule has 0 aromatic heterocycles. The van der Waals surface area contributed by atoms with Gasteiger partial charge in [-0.2, -0.15) is 0 Å². The van der Waals surface area contributed by atoms with Gasteiger partial charge in [-0.1, -0.05) is 0 Å². The van der Waals surface area contributed by atoms with Crippen molar-refractivity contribution in [1.29, 1.82) is 0 Å². The Balaban J connectivity index is 2.86. The summed E-state index contributed by atoms with van der Waals surface area (Å²) in [5.41, 5.74) is 6.21. The zero-order valence-electron chi connectivity index (χ0n) is 8.19. The lowest BCUT2D eigenvalue weighted by Gasteiger charge is -2.22. The van der Waals surface area contributed by atoms with Crippen molar-refractivity contribution < 1.29 is 4.39 Å². The van der Waals surface area contributed by atoms with Crippen LogP contribution in [0.2, 0.25) is 0 Å². The summed E-state index contributed by atoms with van der Waals surface area (Å²) in [5, 5.41) is 3.15. The van der Waals surface area contributed by atoms with Crippen LogP contribution in [0.25, 0.3) is 0 Å². The minimum absolute atomic E-state index is 0.0669. The fourth-order valence-corrected chi connectivity index (χ4v) is 1.04. The van der Waals surface area contributed by atoms with Crippen LogP contribution < -0.4 is 11.1 Å². The highest BCUT2D eigenvalue weighted by atomic mass is 19.1. The second kappa shape index (κ2) is 3.24. The largest absolute Gasteiger partial charge is 0.396 e. The van der Waals surface area contributed by atoms with Gasteiger partial charge in [0, 0.05) is 11.2 Å². The highest BCUT2D eigenvalue weighted by molar-refractivity contribution is 5.53. The first kappa shape index (κ1) is 9.84. The number of nitrogens with one attached hydrogen (secondary N) is 1. The summed E-state index contributed by atoms with van der Waals surface area (Å²) in [5.74, 6) is -0.380. The SMILES string of the molecule is CC(C)(C)Nc1ccc(N)c(F)c1. The number of nitrogens with two attached hydrogens (primary N) is 1. The molecule has 1 aromatic rings. The van der Waals surface area contributed by atoms with Gasteiger partial charge >= 0.3 is 0 Å². The second-order valence-electron chi connectivity index (χ2n) is 4.11. The standard InChI is InChI=1S/C10H15FN2/c1-10(2,3)13-7-4-5-9(12)8(11)6-7/h4-6,13H,12H2,1-3H3. The van der Waals surface area contributed by atoms with Crippen molar-refractivity contribution in [1.82, 2.24) is 0 Å². The summed E-state index contributed by atoms with van der Waals surface area (Å²) in [4.78, 5) is 0. The quantitative estimate of drug-likeness (QED) is 0.655. The van der Waals surface area contributed by atoms with Crippen molar-refractivity contribution in [3.8, 4) is 0 Å². The second-order valence-corrected chi connectivity index (χ2v) is 4.11. The summed E-state index contributed by atoms with van der Waals surface area (Å²) < 4.78 is 13.0. The van der Waals surface area contributed by atoms with Crippen LogP contribution in [0.15, 0.2) is 18.2 Å². The summed E-state index contributed by atoms with van der Waals surface area (Å²) >= 11 is 0. The zero-order chi connectivity index (χ0) is 10.1. The molecular formula is C10H15FN2. The van der Waals surface area contributed by atoms with Crippen LogP contribution in [-0.4, -0.2) is 5.54 Å². The summed E-state index contributed by atoms with van der Waals surface area (Å²) in [6.45, 7) is 6.05. The van der Waals surface area contributed by atoms with E-state index in [-0.39, 0.29) is 17.0 Å². The first-order valence-corrected chi connectivity index (χ1v) is 4.22. The maximum Gasteiger partial charge on any atom is 0.148 e. The normalized spacial score (nSPS) is 11.4. The van der Waals surface area contributed by atoms with Crippen molar-refractivity contribution in [3.63, 3.8) is 0 Å². The maximum atomic E-state index is 13.0. The Morgan fingerprint density at radius 3 is 2.38 bits per heavy atom. The number of hydrogen-bond acceptors (Lipinski definition) is 2. The van der Waals surface area contributed by atoms with E-state index in [9.17, 15) is 4.39 Å². The summed E-state index contributed by atoms with van der Waals surface area (Å²) in [6, 6.07) is 4.73. The van der Waals surface area contributed by atoms with Gasteiger partial charge in [-0.05, 0) is 39.0 Å². The van der Waals surface area contributed by atoms with Crippen LogP contribution in [0, 0.1) is 5.82 Å². The van der Waals surface area contributed by atoms with Gasteiger partial charge in [0.1, 0.15) is 5.82 Å². The molecule has 0 fully saturated rings. The molecule has 0 saturated heterocycles. The third-order valence-electron chi connectivity index (χ3n) is 1.52. The van der Waals surface area contributed by atoms with Crippen LogP contribution in [-0.2, 0) is 0 Å². The van der Waals surface area contributed by atoms with E-state index in [1.165, 1.54) is 6.07 Å². The first-order valence-electron chi connectivity index (χ1n) is 4.22. The molecule has 13 heavy (non-hydrogen) atoms. The number of nitrogen functional groups attached to an aromatic ring is 1. The number of hydrogen-bond donors (Lipinski definition) is 2. The molecule has 0 heterocycles. The molecule has 72 valence electrons. The van der Waals surface area contributed by atoms with E-state index in [1.54, 1.807) is 12.1 Å². The Labute approximate surface area is 77.9 Å². The predicted octanol–water partition coefficient (Wildman–Crippen LogP) is 2.62. The Morgan fingerprint density at radius 1 is 1.31 bits per heavy atom. The van der Waals surface area contributed by atoms with Gasteiger partial charge in [-0.15, -0.1) is 0 Å². The average Bonchev–Trinajstić information content (AvgIpc) is 1.94. The van der Waals surface area contributed by atoms with E-state index < -0.39 is 0 Å². The summed E-state index contributed by atoms with van der Waals surface area (Å²) in [6.07, 6.45) is 0. The molecule has 1 rings (SSSR count). The van der Waals surface area contributed by atoms with Crippen molar-refractivity contribution in [2.45, 2.75) is 26.3 Å². The van der Waals surface area contributed by atoms with E-state index in [0.29, 0.717) is 0 Å². The first-order chi connectivity index (χ1) is 5.88. The van der Waals surface area contributed by atoms with Crippen LogP contribution in [0.4, 0.5) is 15.8 Å². The Hall–Kier alpha value is -1.25. The van der Waals surface area contributed by atoms with Crippen LogP contribution in [0.5, 0.6) is 0 Å². The molecule has 0 bridgehead atoms. The molecule has 0 aliphatic rings. The number of halogens is 1. The monoisotopic (exact) mass is 182 g/mol. The highest BCUT2D eigenvalue weighted by Crippen LogP contribution is 2.19. The average molecular weight is 182 g/mol. The fourth-order valence-electron chi connectivity index (χ4n) is 1.04. The molecular weight excluding hydrogens is 167 g/mol. The van der Waals surface area contributed by atoms with E-state index in [1.807, 2.05) is 20.8 Å². The van der Waals surface area contributed by atoms with Crippen molar-refractivity contribution >= 4 is 11.4 Å². The topological polar surface area (TPSA) is 38.0 Å². The molecule has 0 radical (unpaired) electrons. The fraction of sp³-hybridized carbons (Fsp3) is 0.400. The van der Waals surface area contributed by atoms with Crippen molar-refractivity contribution in [2.24, 2.45) is 0 Å². The van der Waals surface area contributed by atoms with E-state index >= 15 is 0 Å². The third kappa shape index (κ3) is 2.93. The molecule has 0 spiro atoms. The van der Waals surface area contributed by atoms with E-state index in [2.05, 4.69) is 5.32 Å². The molecule has 1 aromatic carbocycles. The predicted molar refractivity (Wildman–Crippen MR) is 54.2 cm³/mol. The molecule has 0 amide bonds. The van der Waals surface area contributed by atoms with Gasteiger partial charge in [-0.25, -0.2) is 4.39 Å². The zero-order valence-corrected chi connectivity index (χ0v) is 8.19. The minimum atomic E-state index is -0.380. The Kier molecular flexibility index (Phi) is 2.45. The highest BCUT2D eigenvalue weighted by Gasteiger charge is 2.09. The van der Waals surface area contributed by atoms with E-state index in [0.717, 1.165) is 5.69 Å². The van der Waals surface area contributed by atoms with Gasteiger partial charge in [0.25, 0.3) is 0 Å². The van der Waals surface area contributed by atoms with Gasteiger partial charge in [-0.3, -0.25) is 0 Å². The van der Waals surface area contributed by atoms with Gasteiger partial charge in [0.05, 0.1) is 5.69 Å². The maximum absolute atomic E-state index is 13.0. The van der Waals surface area contributed by atoms with Crippen molar-refractivity contribution in [3.05, 3.63) is 24.0 Å². The van der Waals surface area contributed by atoms with Crippen LogP contribution in [0.1, 0.15) is 20.8 Å². The Morgan fingerprint density at radius 2 is 1.92 bits per heavy atom. The molecule has 0 aliphatic heterocycles. The number of rotatable bonds is 1. The lowest BCUT2D eigenvalue weighted by molar-refractivity contribution is 0.621. The molecule has 0 aliphatic carbocycles. The molecule has 3 heteroatoms. The molecule has 0 unspecified atom stereocenters. The Bertz CT molecular complexity index is 302. The van der Waals surface area contributed by atoms with Crippen LogP contribution >= 0.6 is 0 Å². The molecule has 0 atom stereocenters. The lowest BCUT2D eigenvalue weighted by Crippen LogP contribution is -2.26. The minimum Gasteiger partial charge on any atom is -0.396 e. The van der Waals surface area contributed by atoms with Gasteiger partial charge in [0.15, 0.2) is 0 Å². The third-order valence-corrected chi connectivity index (χ3v) is 1.52. The summed E-state index contributed by atoms with van der Waals surface area (Å²) in [7, 11) is 0. The van der Waals surface area contributed by atoms with Crippen LogP contribution in [0.3, 0.4) is 0 Å². The van der Waals surface area contributed by atoms with E-state index in [4.69, 9.17) is 5.73 Å².